The lowest BCUT2D eigenvalue weighted by Crippen LogP contribution is -2.56. The summed E-state index contributed by atoms with van der Waals surface area (Å²) in [5, 5.41) is 8.86. The molecule has 0 radical (unpaired) electrons. The zero-order valence-electron chi connectivity index (χ0n) is 11.3. The van der Waals surface area contributed by atoms with Gasteiger partial charge < -0.3 is 14.9 Å². The van der Waals surface area contributed by atoms with E-state index in [2.05, 4.69) is 5.92 Å². The average Bonchev–Trinajstić information content (AvgIpc) is 2.33. The molecule has 7 nitrogen and oxygen atoms in total. The number of carbonyl (C=O) groups excluding carboxylic acids is 1. The molecule has 2 amide bonds. The third-order valence-electron chi connectivity index (χ3n) is 3.12. The van der Waals surface area contributed by atoms with E-state index >= 15 is 0 Å². The lowest BCUT2D eigenvalue weighted by atomic mass is 10.2. The molecular weight excluding hydrogens is 284 g/mol. The maximum absolute atomic E-state index is 12.3. The number of rotatable bonds is 4. The van der Waals surface area contributed by atoms with Crippen molar-refractivity contribution in [1.29, 1.82) is 0 Å². The van der Waals surface area contributed by atoms with Crippen molar-refractivity contribution < 1.29 is 23.1 Å². The van der Waals surface area contributed by atoms with Crippen molar-refractivity contribution in [2.45, 2.75) is 19.4 Å². The van der Waals surface area contributed by atoms with Gasteiger partial charge in [0.2, 0.25) is 0 Å². The summed E-state index contributed by atoms with van der Waals surface area (Å²) < 4.78 is 23.2. The maximum atomic E-state index is 12.3. The summed E-state index contributed by atoms with van der Waals surface area (Å²) in [6, 6.07) is -1.25. The molecule has 1 heterocycles. The molecule has 0 spiro atoms. The molecule has 0 aromatic carbocycles. The van der Waals surface area contributed by atoms with Gasteiger partial charge in [-0.05, 0) is 6.92 Å². The van der Waals surface area contributed by atoms with Crippen molar-refractivity contribution in [3.8, 4) is 12.3 Å². The highest BCUT2D eigenvalue weighted by molar-refractivity contribution is 7.91. The van der Waals surface area contributed by atoms with Crippen molar-refractivity contribution in [3.63, 3.8) is 0 Å². The monoisotopic (exact) mass is 302 g/mol. The first-order valence-electron chi connectivity index (χ1n) is 6.22. The highest BCUT2D eigenvalue weighted by Gasteiger charge is 2.36. The number of carbonyl (C=O) groups is 2. The van der Waals surface area contributed by atoms with E-state index in [9.17, 15) is 18.0 Å². The SMILES string of the molecule is C#CCN(CC)C(=O)N1CCS(=O)(=O)CC1CC(=O)O. The molecule has 0 saturated carbocycles. The van der Waals surface area contributed by atoms with Crippen LogP contribution < -0.4 is 0 Å². The second-order valence-corrected chi connectivity index (χ2v) is 6.79. The van der Waals surface area contributed by atoms with Crippen molar-refractivity contribution in [1.82, 2.24) is 9.80 Å². The van der Waals surface area contributed by atoms with E-state index in [0.29, 0.717) is 6.54 Å². The molecule has 1 fully saturated rings. The first kappa shape index (κ1) is 16.3. The molecule has 1 atom stereocenters. The lowest BCUT2D eigenvalue weighted by molar-refractivity contribution is -0.138. The standard InChI is InChI=1S/C12H18N2O5S/c1-3-5-13(4-2)12(17)14-6-7-20(18,19)9-10(14)8-11(15)16/h1,10H,4-9H2,2H3,(H,15,16). The van der Waals surface area contributed by atoms with E-state index in [1.54, 1.807) is 6.92 Å². The normalized spacial score (nSPS) is 21.0. The first-order valence-corrected chi connectivity index (χ1v) is 8.04. The molecule has 0 aliphatic carbocycles. The number of terminal acetylenes is 1. The summed E-state index contributed by atoms with van der Waals surface area (Å²) in [6.07, 6.45) is 4.79. The number of amides is 2. The fourth-order valence-corrected chi connectivity index (χ4v) is 3.64. The van der Waals surface area contributed by atoms with Gasteiger partial charge in [0, 0.05) is 13.1 Å². The first-order chi connectivity index (χ1) is 9.30. The van der Waals surface area contributed by atoms with Crippen molar-refractivity contribution in [3.05, 3.63) is 0 Å². The van der Waals surface area contributed by atoms with Crippen LogP contribution in [0.3, 0.4) is 0 Å². The molecule has 1 rings (SSSR count). The smallest absolute Gasteiger partial charge is 0.321 e. The molecule has 1 aliphatic rings. The Morgan fingerprint density at radius 1 is 1.50 bits per heavy atom. The minimum absolute atomic E-state index is 0.000183. The Bertz CT molecular complexity index is 522. The number of carboxylic acids is 1. The van der Waals surface area contributed by atoms with Crippen LogP contribution in [0.25, 0.3) is 0 Å². The quantitative estimate of drug-likeness (QED) is 0.715. The van der Waals surface area contributed by atoms with Gasteiger partial charge in [-0.15, -0.1) is 6.42 Å². The van der Waals surface area contributed by atoms with Crippen LogP contribution in [-0.4, -0.2) is 72.5 Å². The summed E-state index contributed by atoms with van der Waals surface area (Å²) >= 11 is 0. The van der Waals surface area contributed by atoms with Crippen LogP contribution in [-0.2, 0) is 14.6 Å². The Kier molecular flexibility index (Phi) is 5.39. The third kappa shape index (κ3) is 4.13. The van der Waals surface area contributed by atoms with Crippen LogP contribution >= 0.6 is 0 Å². The Balaban J connectivity index is 2.92. The molecule has 1 saturated heterocycles. The van der Waals surface area contributed by atoms with E-state index in [4.69, 9.17) is 11.5 Å². The van der Waals surface area contributed by atoms with Crippen molar-refractivity contribution in [2.24, 2.45) is 0 Å². The van der Waals surface area contributed by atoms with Gasteiger partial charge in [-0.3, -0.25) is 4.79 Å². The molecule has 0 aromatic rings. The van der Waals surface area contributed by atoms with E-state index in [1.807, 2.05) is 0 Å². The number of hydrogen-bond donors (Lipinski definition) is 1. The predicted molar refractivity (Wildman–Crippen MR) is 72.9 cm³/mol. The van der Waals surface area contributed by atoms with Crippen LogP contribution in [0.5, 0.6) is 0 Å². The van der Waals surface area contributed by atoms with Gasteiger partial charge in [0.1, 0.15) is 0 Å². The molecule has 1 N–H and O–H groups in total. The molecule has 1 aliphatic heterocycles. The summed E-state index contributed by atoms with van der Waals surface area (Å²) in [7, 11) is -3.30. The van der Waals surface area contributed by atoms with Crippen LogP contribution in [0.4, 0.5) is 4.79 Å². The van der Waals surface area contributed by atoms with Gasteiger partial charge in [-0.2, -0.15) is 0 Å². The fourth-order valence-electron chi connectivity index (χ4n) is 2.12. The highest BCUT2D eigenvalue weighted by Crippen LogP contribution is 2.17. The minimum atomic E-state index is -3.30. The second-order valence-electron chi connectivity index (χ2n) is 4.56. The highest BCUT2D eigenvalue weighted by atomic mass is 32.2. The Hall–Kier alpha value is -1.75. The molecular formula is C12H18N2O5S. The molecule has 20 heavy (non-hydrogen) atoms. The van der Waals surface area contributed by atoms with E-state index < -0.39 is 34.3 Å². The molecule has 8 heteroatoms. The topological polar surface area (TPSA) is 95.0 Å². The van der Waals surface area contributed by atoms with Gasteiger partial charge in [0.15, 0.2) is 9.84 Å². The van der Waals surface area contributed by atoms with E-state index in [1.165, 1.54) is 9.80 Å². The number of nitrogens with zero attached hydrogens (tertiary/aromatic N) is 2. The molecule has 112 valence electrons. The van der Waals surface area contributed by atoms with Crippen molar-refractivity contribution >= 4 is 21.8 Å². The second kappa shape index (κ2) is 6.61. The van der Waals surface area contributed by atoms with E-state index in [-0.39, 0.29) is 24.6 Å². The van der Waals surface area contributed by atoms with Gasteiger partial charge in [0.05, 0.1) is 30.5 Å². The molecule has 0 bridgehead atoms. The number of aliphatic carboxylic acids is 1. The van der Waals surface area contributed by atoms with E-state index in [0.717, 1.165) is 0 Å². The Morgan fingerprint density at radius 3 is 2.65 bits per heavy atom. The number of carboxylic acid groups (broad SMARTS) is 1. The zero-order chi connectivity index (χ0) is 15.3. The summed E-state index contributed by atoms with van der Waals surface area (Å²) in [5.41, 5.74) is 0. The summed E-state index contributed by atoms with van der Waals surface area (Å²) in [4.78, 5) is 25.8. The van der Waals surface area contributed by atoms with Gasteiger partial charge in [0.25, 0.3) is 0 Å². The average molecular weight is 302 g/mol. The van der Waals surface area contributed by atoms with Gasteiger partial charge in [-0.1, -0.05) is 5.92 Å². The minimum Gasteiger partial charge on any atom is -0.481 e. The maximum Gasteiger partial charge on any atom is 0.321 e. The van der Waals surface area contributed by atoms with Crippen LogP contribution in [0.2, 0.25) is 0 Å². The van der Waals surface area contributed by atoms with Crippen LogP contribution in [0.1, 0.15) is 13.3 Å². The van der Waals surface area contributed by atoms with Crippen LogP contribution in [0, 0.1) is 12.3 Å². The zero-order valence-corrected chi connectivity index (χ0v) is 12.1. The Labute approximate surface area is 118 Å². The largest absolute Gasteiger partial charge is 0.481 e. The van der Waals surface area contributed by atoms with Gasteiger partial charge in [-0.25, -0.2) is 13.2 Å². The number of hydrogen-bond acceptors (Lipinski definition) is 4. The number of sulfone groups is 1. The molecule has 0 aromatic heterocycles. The lowest BCUT2D eigenvalue weighted by Gasteiger charge is -2.37. The van der Waals surface area contributed by atoms with Crippen molar-refractivity contribution in [2.75, 3.05) is 31.1 Å². The summed E-state index contributed by atoms with van der Waals surface area (Å²) in [6.45, 7) is 2.24. The number of urea groups is 1. The third-order valence-corrected chi connectivity index (χ3v) is 4.82. The van der Waals surface area contributed by atoms with Crippen LogP contribution in [0.15, 0.2) is 0 Å². The predicted octanol–water partition coefficient (Wildman–Crippen LogP) is -0.365. The fraction of sp³-hybridized carbons (Fsp3) is 0.667. The Morgan fingerprint density at radius 2 is 2.15 bits per heavy atom. The van der Waals surface area contributed by atoms with Gasteiger partial charge >= 0.3 is 12.0 Å². The molecule has 1 unspecified atom stereocenters. The summed E-state index contributed by atoms with van der Waals surface area (Å²) in [5.74, 6) is 0.749.